The summed E-state index contributed by atoms with van der Waals surface area (Å²) in [6, 6.07) is 5.41. The summed E-state index contributed by atoms with van der Waals surface area (Å²) >= 11 is 0. The van der Waals surface area contributed by atoms with Crippen molar-refractivity contribution in [2.45, 2.75) is 6.92 Å². The fraction of sp³-hybridized carbons (Fsp3) is 0.167. The first-order valence-corrected chi connectivity index (χ1v) is 4.97. The zero-order valence-corrected chi connectivity index (χ0v) is 9.27. The average molecular weight is 215 g/mol. The van der Waals surface area contributed by atoms with E-state index in [2.05, 4.69) is 4.98 Å². The van der Waals surface area contributed by atoms with Gasteiger partial charge in [0.25, 0.3) is 0 Å². The van der Waals surface area contributed by atoms with Crippen LogP contribution in [0.1, 0.15) is 21.7 Å². The van der Waals surface area contributed by atoms with Crippen LogP contribution in [-0.2, 0) is 7.05 Å². The van der Waals surface area contributed by atoms with Crippen molar-refractivity contribution in [2.24, 2.45) is 7.05 Å². The summed E-state index contributed by atoms with van der Waals surface area (Å²) in [6.45, 7) is 1.93. The average Bonchev–Trinajstić information content (AvgIpc) is 2.67. The predicted molar refractivity (Wildman–Crippen MR) is 62.2 cm³/mol. The van der Waals surface area contributed by atoms with Gasteiger partial charge in [0.1, 0.15) is 0 Å². The highest BCUT2D eigenvalue weighted by atomic mass is 16.1. The molecule has 0 bridgehead atoms. The first-order valence-electron chi connectivity index (χ1n) is 4.97. The largest absolute Gasteiger partial charge is 0.398 e. The van der Waals surface area contributed by atoms with E-state index >= 15 is 0 Å². The molecule has 4 nitrogen and oxygen atoms in total. The molecule has 0 unspecified atom stereocenters. The highest BCUT2D eigenvalue weighted by Crippen LogP contribution is 2.17. The zero-order chi connectivity index (χ0) is 11.7. The van der Waals surface area contributed by atoms with Crippen molar-refractivity contribution >= 4 is 11.5 Å². The Morgan fingerprint density at radius 2 is 2.19 bits per heavy atom. The molecule has 2 aromatic rings. The monoisotopic (exact) mass is 215 g/mol. The van der Waals surface area contributed by atoms with Crippen LogP contribution in [0.15, 0.2) is 30.6 Å². The number of imidazole rings is 1. The SMILES string of the molecule is Cc1ccc(N)c(C(=O)c2nccn2C)c1. The van der Waals surface area contributed by atoms with Crippen molar-refractivity contribution in [1.29, 1.82) is 0 Å². The van der Waals surface area contributed by atoms with Crippen LogP contribution in [0.3, 0.4) is 0 Å². The summed E-state index contributed by atoms with van der Waals surface area (Å²) in [5.74, 6) is 0.256. The van der Waals surface area contributed by atoms with E-state index in [4.69, 9.17) is 5.73 Å². The second kappa shape index (κ2) is 3.81. The molecule has 1 aromatic heterocycles. The maximum atomic E-state index is 12.1. The third-order valence-electron chi connectivity index (χ3n) is 2.48. The van der Waals surface area contributed by atoms with Gasteiger partial charge in [0.2, 0.25) is 5.78 Å². The normalized spacial score (nSPS) is 10.4. The van der Waals surface area contributed by atoms with Crippen LogP contribution in [0.5, 0.6) is 0 Å². The summed E-state index contributed by atoms with van der Waals surface area (Å²) in [5, 5.41) is 0. The number of nitrogens with zero attached hydrogens (tertiary/aromatic N) is 2. The molecule has 0 amide bonds. The molecular formula is C12H13N3O. The molecule has 0 aliphatic carbocycles. The third kappa shape index (κ3) is 1.69. The van der Waals surface area contributed by atoms with E-state index < -0.39 is 0 Å². The molecule has 0 saturated carbocycles. The highest BCUT2D eigenvalue weighted by Gasteiger charge is 2.16. The standard InChI is InChI=1S/C12H13N3O/c1-8-3-4-10(13)9(7-8)11(16)12-14-5-6-15(12)2/h3-7H,13H2,1-2H3. The van der Waals surface area contributed by atoms with Crippen molar-refractivity contribution in [1.82, 2.24) is 9.55 Å². The highest BCUT2D eigenvalue weighted by molar-refractivity contribution is 6.10. The quantitative estimate of drug-likeness (QED) is 0.610. The number of nitrogen functional groups attached to an aromatic ring is 1. The van der Waals surface area contributed by atoms with Gasteiger partial charge in [-0.3, -0.25) is 4.79 Å². The van der Waals surface area contributed by atoms with Crippen LogP contribution < -0.4 is 5.73 Å². The van der Waals surface area contributed by atoms with E-state index in [1.165, 1.54) is 0 Å². The van der Waals surface area contributed by atoms with Gasteiger partial charge >= 0.3 is 0 Å². The van der Waals surface area contributed by atoms with Crippen LogP contribution in [0.4, 0.5) is 5.69 Å². The van der Waals surface area contributed by atoms with E-state index in [0.717, 1.165) is 5.56 Å². The maximum Gasteiger partial charge on any atom is 0.230 e. The molecular weight excluding hydrogens is 202 g/mol. The number of aryl methyl sites for hydroxylation is 2. The van der Waals surface area contributed by atoms with Crippen LogP contribution >= 0.6 is 0 Å². The number of rotatable bonds is 2. The Bertz CT molecular complexity index is 543. The van der Waals surface area contributed by atoms with Crippen molar-refractivity contribution < 1.29 is 4.79 Å². The zero-order valence-electron chi connectivity index (χ0n) is 9.27. The number of hydrogen-bond acceptors (Lipinski definition) is 3. The lowest BCUT2D eigenvalue weighted by Crippen LogP contribution is -2.11. The number of benzene rings is 1. The van der Waals surface area contributed by atoms with Crippen LogP contribution in [0.2, 0.25) is 0 Å². The summed E-state index contributed by atoms with van der Waals surface area (Å²) in [4.78, 5) is 16.2. The molecule has 4 heteroatoms. The number of ketones is 1. The minimum atomic E-state index is -0.145. The number of nitrogens with two attached hydrogens (primary N) is 1. The van der Waals surface area contributed by atoms with Gasteiger partial charge in [0.05, 0.1) is 0 Å². The lowest BCUT2D eigenvalue weighted by molar-refractivity contribution is 0.102. The van der Waals surface area contributed by atoms with E-state index in [0.29, 0.717) is 17.1 Å². The summed E-state index contributed by atoms with van der Waals surface area (Å²) in [7, 11) is 1.78. The topological polar surface area (TPSA) is 60.9 Å². The summed E-state index contributed by atoms with van der Waals surface area (Å²) in [6.07, 6.45) is 3.33. The molecule has 0 atom stereocenters. The minimum absolute atomic E-state index is 0.145. The Kier molecular flexibility index (Phi) is 2.48. The molecule has 0 aliphatic heterocycles. The number of carbonyl (C=O) groups is 1. The fourth-order valence-corrected chi connectivity index (χ4v) is 1.57. The van der Waals surface area contributed by atoms with E-state index in [1.807, 2.05) is 13.0 Å². The second-order valence-corrected chi connectivity index (χ2v) is 3.78. The third-order valence-corrected chi connectivity index (χ3v) is 2.48. The first kappa shape index (κ1) is 10.4. The molecule has 0 aliphatic rings. The molecule has 0 saturated heterocycles. The Morgan fingerprint density at radius 3 is 2.81 bits per heavy atom. The number of hydrogen-bond donors (Lipinski definition) is 1. The van der Waals surface area contributed by atoms with Gasteiger partial charge in [-0.1, -0.05) is 11.6 Å². The van der Waals surface area contributed by atoms with Gasteiger partial charge in [0, 0.05) is 30.7 Å². The Morgan fingerprint density at radius 1 is 1.44 bits per heavy atom. The van der Waals surface area contributed by atoms with E-state index in [-0.39, 0.29) is 5.78 Å². The van der Waals surface area contributed by atoms with Gasteiger partial charge in [-0.25, -0.2) is 4.98 Å². The number of anilines is 1. The molecule has 1 aromatic carbocycles. The van der Waals surface area contributed by atoms with E-state index in [9.17, 15) is 4.79 Å². The number of carbonyl (C=O) groups excluding carboxylic acids is 1. The van der Waals surface area contributed by atoms with Gasteiger partial charge in [-0.2, -0.15) is 0 Å². The molecule has 0 fully saturated rings. The smallest absolute Gasteiger partial charge is 0.230 e. The number of aromatic nitrogens is 2. The molecule has 2 N–H and O–H groups in total. The van der Waals surface area contributed by atoms with Crippen LogP contribution in [0.25, 0.3) is 0 Å². The van der Waals surface area contributed by atoms with Crippen molar-refractivity contribution in [3.05, 3.63) is 47.5 Å². The predicted octanol–water partition coefficient (Wildman–Crippen LogP) is 1.54. The van der Waals surface area contributed by atoms with E-state index in [1.54, 1.807) is 36.1 Å². The van der Waals surface area contributed by atoms with Gasteiger partial charge in [-0.05, 0) is 19.1 Å². The minimum Gasteiger partial charge on any atom is -0.398 e. The lowest BCUT2D eigenvalue weighted by atomic mass is 10.1. The van der Waals surface area contributed by atoms with Crippen LogP contribution in [0, 0.1) is 6.92 Å². The van der Waals surface area contributed by atoms with Crippen molar-refractivity contribution in [3.63, 3.8) is 0 Å². The summed E-state index contributed by atoms with van der Waals surface area (Å²) < 4.78 is 1.68. The van der Waals surface area contributed by atoms with Crippen molar-refractivity contribution in [2.75, 3.05) is 5.73 Å². The molecule has 16 heavy (non-hydrogen) atoms. The van der Waals surface area contributed by atoms with Gasteiger partial charge in [-0.15, -0.1) is 0 Å². The summed E-state index contributed by atoms with van der Waals surface area (Å²) in [5.41, 5.74) is 7.79. The molecule has 0 spiro atoms. The first-order chi connectivity index (χ1) is 7.59. The van der Waals surface area contributed by atoms with Crippen molar-refractivity contribution in [3.8, 4) is 0 Å². The van der Waals surface area contributed by atoms with Gasteiger partial charge < -0.3 is 10.3 Å². The van der Waals surface area contributed by atoms with Gasteiger partial charge in [0.15, 0.2) is 5.82 Å². The fourth-order valence-electron chi connectivity index (χ4n) is 1.57. The molecule has 0 radical (unpaired) electrons. The van der Waals surface area contributed by atoms with Crippen LogP contribution in [-0.4, -0.2) is 15.3 Å². The lowest BCUT2D eigenvalue weighted by Gasteiger charge is -2.05. The Balaban J connectivity index is 2.49. The Hall–Kier alpha value is -2.10. The molecule has 2 rings (SSSR count). The molecule has 82 valence electrons. The molecule has 1 heterocycles. The Labute approximate surface area is 93.7 Å². The maximum absolute atomic E-state index is 12.1. The second-order valence-electron chi connectivity index (χ2n) is 3.78.